The van der Waals surface area contributed by atoms with Crippen molar-refractivity contribution in [3.63, 3.8) is 0 Å². The van der Waals surface area contributed by atoms with Gasteiger partial charge in [0.05, 0.1) is 12.8 Å². The number of hydrogen-bond acceptors (Lipinski definition) is 4. The molecule has 2 aromatic heterocycles. The van der Waals surface area contributed by atoms with E-state index in [9.17, 15) is 4.79 Å². The average molecular weight is 303 g/mol. The molecule has 0 unspecified atom stereocenters. The number of H-pyrrole nitrogens is 1. The normalized spacial score (nSPS) is 18.3. The summed E-state index contributed by atoms with van der Waals surface area (Å²) in [5.74, 6) is 0.890. The van der Waals surface area contributed by atoms with E-state index >= 15 is 0 Å². The van der Waals surface area contributed by atoms with Crippen molar-refractivity contribution in [1.82, 2.24) is 20.0 Å². The highest BCUT2D eigenvalue weighted by atomic mass is 16.5. The Bertz CT molecular complexity index is 627. The zero-order chi connectivity index (χ0) is 15.4. The molecule has 7 heteroatoms. The lowest BCUT2D eigenvalue weighted by Crippen LogP contribution is -2.15. The van der Waals surface area contributed by atoms with Gasteiger partial charge >= 0.3 is 0 Å². The molecule has 0 spiro atoms. The molecule has 1 fully saturated rings. The number of aromatic nitrogens is 4. The molecule has 1 atom stereocenters. The van der Waals surface area contributed by atoms with E-state index < -0.39 is 0 Å². The summed E-state index contributed by atoms with van der Waals surface area (Å²) < 4.78 is 7.21. The number of carbonyl (C=O) groups is 1. The first-order valence-corrected chi connectivity index (χ1v) is 7.61. The number of nitrogens with zero attached hydrogens (tertiary/aromatic N) is 3. The van der Waals surface area contributed by atoms with Gasteiger partial charge in [-0.2, -0.15) is 10.2 Å². The Labute approximate surface area is 129 Å². The minimum atomic E-state index is -0.0400. The van der Waals surface area contributed by atoms with E-state index in [0.29, 0.717) is 24.6 Å². The molecule has 1 saturated heterocycles. The summed E-state index contributed by atoms with van der Waals surface area (Å²) in [5, 5.41) is 14.1. The molecule has 1 aliphatic heterocycles. The van der Waals surface area contributed by atoms with E-state index in [1.165, 1.54) is 0 Å². The van der Waals surface area contributed by atoms with Gasteiger partial charge in [0.1, 0.15) is 0 Å². The summed E-state index contributed by atoms with van der Waals surface area (Å²) >= 11 is 0. The van der Waals surface area contributed by atoms with Gasteiger partial charge in [-0.1, -0.05) is 0 Å². The fourth-order valence-electron chi connectivity index (χ4n) is 2.66. The molecule has 0 aliphatic carbocycles. The molecule has 3 rings (SSSR count). The molecular formula is C15H21N5O2. The Kier molecular flexibility index (Phi) is 4.53. The minimum absolute atomic E-state index is 0.0400. The lowest BCUT2D eigenvalue weighted by atomic mass is 9.99. The van der Waals surface area contributed by atoms with Gasteiger partial charge in [-0.3, -0.25) is 14.6 Å². The van der Waals surface area contributed by atoms with E-state index in [-0.39, 0.29) is 5.91 Å². The number of aryl methyl sites for hydroxylation is 2. The average Bonchev–Trinajstić information content (AvgIpc) is 3.15. The van der Waals surface area contributed by atoms with Crippen LogP contribution in [0, 0.1) is 0 Å². The second-order valence-electron chi connectivity index (χ2n) is 5.69. The number of carbonyl (C=O) groups excluding carboxylic acids is 1. The predicted octanol–water partition coefficient (Wildman–Crippen LogP) is 1.61. The highest BCUT2D eigenvalue weighted by Crippen LogP contribution is 2.25. The Morgan fingerprint density at radius 1 is 1.59 bits per heavy atom. The zero-order valence-electron chi connectivity index (χ0n) is 12.7. The van der Waals surface area contributed by atoms with Gasteiger partial charge in [-0.15, -0.1) is 0 Å². The molecule has 0 saturated carbocycles. The van der Waals surface area contributed by atoms with Crippen molar-refractivity contribution in [3.8, 4) is 0 Å². The van der Waals surface area contributed by atoms with Gasteiger partial charge in [0.2, 0.25) is 5.91 Å². The van der Waals surface area contributed by atoms with Crippen LogP contribution in [-0.4, -0.2) is 39.1 Å². The molecule has 7 nitrogen and oxygen atoms in total. The third-order valence-electron chi connectivity index (χ3n) is 3.86. The molecule has 1 aliphatic rings. The van der Waals surface area contributed by atoms with Crippen LogP contribution in [0.4, 0.5) is 5.82 Å². The maximum atomic E-state index is 12.0. The topological polar surface area (TPSA) is 84.8 Å². The maximum absolute atomic E-state index is 12.0. The molecular weight excluding hydrogens is 282 g/mol. The van der Waals surface area contributed by atoms with Gasteiger partial charge in [0.15, 0.2) is 5.82 Å². The fourth-order valence-corrected chi connectivity index (χ4v) is 2.66. The van der Waals surface area contributed by atoms with Gasteiger partial charge in [-0.25, -0.2) is 0 Å². The molecule has 0 radical (unpaired) electrons. The fraction of sp³-hybridized carbons (Fsp3) is 0.533. The van der Waals surface area contributed by atoms with Crippen molar-refractivity contribution >= 4 is 11.7 Å². The van der Waals surface area contributed by atoms with E-state index in [1.807, 2.05) is 19.3 Å². The number of amides is 1. The summed E-state index contributed by atoms with van der Waals surface area (Å²) in [4.78, 5) is 12.0. The predicted molar refractivity (Wildman–Crippen MR) is 81.5 cm³/mol. The van der Waals surface area contributed by atoms with E-state index in [0.717, 1.165) is 37.3 Å². The van der Waals surface area contributed by atoms with Crippen molar-refractivity contribution in [3.05, 3.63) is 29.7 Å². The summed E-state index contributed by atoms with van der Waals surface area (Å²) in [6, 6.07) is 1.90. The smallest absolute Gasteiger partial charge is 0.225 e. The Morgan fingerprint density at radius 3 is 3.23 bits per heavy atom. The number of hydrogen-bond donors (Lipinski definition) is 2. The first-order valence-electron chi connectivity index (χ1n) is 7.61. The van der Waals surface area contributed by atoms with Crippen LogP contribution in [0.2, 0.25) is 0 Å². The van der Waals surface area contributed by atoms with Crippen LogP contribution in [0.15, 0.2) is 18.5 Å². The molecule has 22 heavy (non-hydrogen) atoms. The van der Waals surface area contributed by atoms with Crippen molar-refractivity contribution < 1.29 is 9.53 Å². The van der Waals surface area contributed by atoms with Gasteiger partial charge in [-0.05, 0) is 24.8 Å². The van der Waals surface area contributed by atoms with Crippen LogP contribution in [0.5, 0.6) is 0 Å². The molecule has 1 amide bonds. The Morgan fingerprint density at radius 2 is 2.50 bits per heavy atom. The Hall–Kier alpha value is -2.15. The number of rotatable bonds is 5. The van der Waals surface area contributed by atoms with Crippen LogP contribution in [-0.2, 0) is 23.0 Å². The third kappa shape index (κ3) is 3.73. The van der Waals surface area contributed by atoms with Crippen molar-refractivity contribution in [2.45, 2.75) is 31.6 Å². The number of anilines is 1. The summed E-state index contributed by atoms with van der Waals surface area (Å²) in [6.45, 7) is 1.55. The summed E-state index contributed by atoms with van der Waals surface area (Å²) in [6.07, 6.45) is 6.95. The highest BCUT2D eigenvalue weighted by molar-refractivity contribution is 5.89. The van der Waals surface area contributed by atoms with Crippen molar-refractivity contribution in [1.29, 1.82) is 0 Å². The lowest BCUT2D eigenvalue weighted by molar-refractivity contribution is -0.116. The molecule has 0 aromatic carbocycles. The maximum Gasteiger partial charge on any atom is 0.225 e. The van der Waals surface area contributed by atoms with E-state index in [1.54, 1.807) is 10.9 Å². The van der Waals surface area contributed by atoms with Crippen LogP contribution in [0.3, 0.4) is 0 Å². The summed E-state index contributed by atoms with van der Waals surface area (Å²) in [5.41, 5.74) is 2.09. The van der Waals surface area contributed by atoms with Crippen LogP contribution >= 0.6 is 0 Å². The van der Waals surface area contributed by atoms with E-state index in [4.69, 9.17) is 4.74 Å². The quantitative estimate of drug-likeness (QED) is 0.879. The minimum Gasteiger partial charge on any atom is -0.381 e. The summed E-state index contributed by atoms with van der Waals surface area (Å²) in [7, 11) is 1.86. The standard InChI is InChI=1S/C15H21N5O2/c1-20-9-11(8-16-20)4-5-15(21)17-14-7-13(18-19-14)12-3-2-6-22-10-12/h7-9,12H,2-6,10H2,1H3,(H2,17,18,19,21)/t12-/m0/s1. The van der Waals surface area contributed by atoms with Gasteiger partial charge in [0.25, 0.3) is 0 Å². The van der Waals surface area contributed by atoms with Gasteiger partial charge < -0.3 is 10.1 Å². The highest BCUT2D eigenvalue weighted by Gasteiger charge is 2.18. The first kappa shape index (κ1) is 14.8. The second kappa shape index (κ2) is 6.74. The van der Waals surface area contributed by atoms with Crippen LogP contribution < -0.4 is 5.32 Å². The number of nitrogens with one attached hydrogen (secondary N) is 2. The van der Waals surface area contributed by atoms with Crippen LogP contribution in [0.1, 0.15) is 36.4 Å². The van der Waals surface area contributed by atoms with E-state index in [2.05, 4.69) is 20.6 Å². The molecule has 2 N–H and O–H groups in total. The largest absolute Gasteiger partial charge is 0.381 e. The SMILES string of the molecule is Cn1cc(CCC(=O)Nc2cc([C@H]3CCCOC3)[nH]n2)cn1. The third-order valence-corrected chi connectivity index (χ3v) is 3.86. The monoisotopic (exact) mass is 303 g/mol. The van der Waals surface area contributed by atoms with Crippen LogP contribution in [0.25, 0.3) is 0 Å². The molecule has 3 heterocycles. The first-order chi connectivity index (χ1) is 10.7. The lowest BCUT2D eigenvalue weighted by Gasteiger charge is -2.20. The molecule has 118 valence electrons. The van der Waals surface area contributed by atoms with Crippen molar-refractivity contribution in [2.24, 2.45) is 7.05 Å². The zero-order valence-corrected chi connectivity index (χ0v) is 12.7. The van der Waals surface area contributed by atoms with Gasteiger partial charge in [0, 0.05) is 44.0 Å². The number of aromatic amines is 1. The second-order valence-corrected chi connectivity index (χ2v) is 5.69. The van der Waals surface area contributed by atoms with Crippen molar-refractivity contribution in [2.75, 3.05) is 18.5 Å². The Balaban J connectivity index is 1.50. The molecule has 2 aromatic rings. The molecule has 0 bridgehead atoms. The number of ether oxygens (including phenoxy) is 1.